The van der Waals surface area contributed by atoms with E-state index in [-0.39, 0.29) is 11.3 Å². The number of carbonyl (C=O) groups excluding carboxylic acids is 1. The van der Waals surface area contributed by atoms with Crippen LogP contribution in [0.3, 0.4) is 0 Å². The van der Waals surface area contributed by atoms with Crippen molar-refractivity contribution in [2.75, 3.05) is 10.7 Å². The first-order valence-electron chi connectivity index (χ1n) is 7.71. The molecule has 120 valence electrons. The van der Waals surface area contributed by atoms with Gasteiger partial charge in [0.25, 0.3) is 0 Å². The summed E-state index contributed by atoms with van der Waals surface area (Å²) >= 11 is 1.67. The molecule has 2 heterocycles. The highest BCUT2D eigenvalue weighted by atomic mass is 32.2. The van der Waals surface area contributed by atoms with Crippen molar-refractivity contribution in [2.45, 2.75) is 11.9 Å². The molecule has 1 unspecified atom stereocenters. The first-order valence-corrected chi connectivity index (χ1v) is 8.76. The van der Waals surface area contributed by atoms with Crippen molar-refractivity contribution in [1.29, 1.82) is 0 Å². The number of thioether (sulfide) groups is 1. The molecule has 2 aromatic carbocycles. The summed E-state index contributed by atoms with van der Waals surface area (Å²) in [5, 5.41) is 4.15. The van der Waals surface area contributed by atoms with Crippen molar-refractivity contribution in [3.63, 3.8) is 0 Å². The topological polar surface area (TPSA) is 51.0 Å². The Morgan fingerprint density at radius 2 is 1.88 bits per heavy atom. The van der Waals surface area contributed by atoms with Gasteiger partial charge >= 0.3 is 0 Å². The second kappa shape index (κ2) is 6.49. The Bertz CT molecular complexity index is 818. The number of rotatable bonds is 4. The lowest BCUT2D eigenvalue weighted by atomic mass is 10.1. The highest BCUT2D eigenvalue weighted by molar-refractivity contribution is 8.00. The quantitative estimate of drug-likeness (QED) is 0.735. The molecule has 6 heteroatoms. The van der Waals surface area contributed by atoms with Crippen molar-refractivity contribution in [2.24, 2.45) is 0 Å². The van der Waals surface area contributed by atoms with Crippen LogP contribution in [-0.4, -0.2) is 26.4 Å². The lowest BCUT2D eigenvalue weighted by Gasteiger charge is -2.24. The highest BCUT2D eigenvalue weighted by Gasteiger charge is 2.33. The van der Waals surface area contributed by atoms with Gasteiger partial charge in [-0.2, -0.15) is 5.10 Å². The summed E-state index contributed by atoms with van der Waals surface area (Å²) in [6, 6.07) is 18.2. The van der Waals surface area contributed by atoms with Gasteiger partial charge in [0.2, 0.25) is 5.91 Å². The number of anilines is 1. The number of carbonyl (C=O) groups is 1. The van der Waals surface area contributed by atoms with E-state index >= 15 is 0 Å². The second-order valence-electron chi connectivity index (χ2n) is 5.60. The van der Waals surface area contributed by atoms with Crippen LogP contribution in [0.15, 0.2) is 67.3 Å². The van der Waals surface area contributed by atoms with Gasteiger partial charge in [0.15, 0.2) is 0 Å². The highest BCUT2D eigenvalue weighted by Crippen LogP contribution is 2.41. The first kappa shape index (κ1) is 15.0. The van der Waals surface area contributed by atoms with Gasteiger partial charge in [-0.15, -0.1) is 11.8 Å². The number of amides is 1. The molecule has 1 aliphatic rings. The molecule has 4 rings (SSSR count). The number of hydrogen-bond acceptors (Lipinski definition) is 4. The van der Waals surface area contributed by atoms with E-state index in [1.54, 1.807) is 22.8 Å². The van der Waals surface area contributed by atoms with Crippen LogP contribution in [0.2, 0.25) is 0 Å². The zero-order valence-corrected chi connectivity index (χ0v) is 13.8. The zero-order chi connectivity index (χ0) is 16.4. The lowest BCUT2D eigenvalue weighted by molar-refractivity contribution is -0.115. The van der Waals surface area contributed by atoms with Crippen molar-refractivity contribution < 1.29 is 4.79 Å². The average Bonchev–Trinajstić information content (AvgIpc) is 3.26. The normalized spacial score (nSPS) is 17.4. The number of nitrogens with zero attached hydrogens (tertiary/aromatic N) is 4. The van der Waals surface area contributed by atoms with Crippen LogP contribution >= 0.6 is 11.8 Å². The maximum absolute atomic E-state index is 12.4. The Balaban J connectivity index is 1.58. The molecular weight excluding hydrogens is 320 g/mol. The Labute approximate surface area is 144 Å². The van der Waals surface area contributed by atoms with Gasteiger partial charge in [-0.25, -0.2) is 9.67 Å². The Morgan fingerprint density at radius 3 is 2.58 bits per heavy atom. The van der Waals surface area contributed by atoms with E-state index in [2.05, 4.69) is 22.2 Å². The SMILES string of the molecule is O=C1CSC(c2ccccc2)N1c1ccc(Cn2cncn2)cc1. The lowest BCUT2D eigenvalue weighted by Crippen LogP contribution is -2.27. The number of hydrogen-bond donors (Lipinski definition) is 0. The fourth-order valence-electron chi connectivity index (χ4n) is 2.83. The predicted molar refractivity (Wildman–Crippen MR) is 94.7 cm³/mol. The molecular formula is C18H16N4OS. The summed E-state index contributed by atoms with van der Waals surface area (Å²) in [5.41, 5.74) is 3.21. The third-order valence-electron chi connectivity index (χ3n) is 3.98. The van der Waals surface area contributed by atoms with Gasteiger partial charge in [0.05, 0.1) is 12.3 Å². The summed E-state index contributed by atoms with van der Waals surface area (Å²) in [6.45, 7) is 0.672. The number of aromatic nitrogens is 3. The molecule has 0 spiro atoms. The average molecular weight is 336 g/mol. The first-order chi connectivity index (χ1) is 11.8. The maximum atomic E-state index is 12.4. The molecule has 5 nitrogen and oxygen atoms in total. The molecule has 0 bridgehead atoms. The third-order valence-corrected chi connectivity index (χ3v) is 5.19. The molecule has 3 aromatic rings. The third kappa shape index (κ3) is 2.92. The van der Waals surface area contributed by atoms with Crippen molar-refractivity contribution in [3.8, 4) is 0 Å². The van der Waals surface area contributed by atoms with Crippen LogP contribution in [0, 0.1) is 0 Å². The van der Waals surface area contributed by atoms with Crippen molar-refractivity contribution in [3.05, 3.63) is 78.4 Å². The summed E-state index contributed by atoms with van der Waals surface area (Å²) < 4.78 is 1.78. The van der Waals surface area contributed by atoms with Crippen LogP contribution in [0.4, 0.5) is 5.69 Å². The van der Waals surface area contributed by atoms with Gasteiger partial charge in [-0.1, -0.05) is 42.5 Å². The molecule has 0 saturated carbocycles. The molecule has 0 N–H and O–H groups in total. The van der Waals surface area contributed by atoms with Crippen LogP contribution in [0.25, 0.3) is 0 Å². The van der Waals surface area contributed by atoms with Crippen LogP contribution in [-0.2, 0) is 11.3 Å². The molecule has 1 aliphatic heterocycles. The van der Waals surface area contributed by atoms with E-state index in [4.69, 9.17) is 0 Å². The molecule has 1 fully saturated rings. The maximum Gasteiger partial charge on any atom is 0.238 e. The van der Waals surface area contributed by atoms with E-state index < -0.39 is 0 Å². The summed E-state index contributed by atoms with van der Waals surface area (Å²) in [6.07, 6.45) is 3.22. The van der Waals surface area contributed by atoms with Gasteiger partial charge in [0.1, 0.15) is 18.0 Å². The molecule has 0 radical (unpaired) electrons. The molecule has 0 aliphatic carbocycles. The molecule has 1 amide bonds. The van der Waals surface area contributed by atoms with E-state index in [1.165, 1.54) is 6.33 Å². The Kier molecular flexibility index (Phi) is 4.04. The van der Waals surface area contributed by atoms with E-state index in [0.717, 1.165) is 16.8 Å². The summed E-state index contributed by atoms with van der Waals surface area (Å²) in [4.78, 5) is 18.2. The number of benzene rings is 2. The molecule has 24 heavy (non-hydrogen) atoms. The van der Waals surface area contributed by atoms with Gasteiger partial charge in [-0.3, -0.25) is 9.69 Å². The monoisotopic (exact) mass is 336 g/mol. The standard InChI is InChI=1S/C18H16N4OS/c23-17-11-24-18(15-4-2-1-3-5-15)22(17)16-8-6-14(7-9-16)10-21-13-19-12-20-21/h1-9,12-13,18H,10-11H2. The largest absolute Gasteiger partial charge is 0.295 e. The van der Waals surface area contributed by atoms with E-state index in [9.17, 15) is 4.79 Å². The summed E-state index contributed by atoms with van der Waals surface area (Å²) in [7, 11) is 0. The fraction of sp³-hybridized carbons (Fsp3) is 0.167. The van der Waals surface area contributed by atoms with E-state index in [0.29, 0.717) is 12.3 Å². The van der Waals surface area contributed by atoms with Crippen LogP contribution < -0.4 is 4.90 Å². The second-order valence-corrected chi connectivity index (χ2v) is 6.67. The zero-order valence-electron chi connectivity index (χ0n) is 12.9. The van der Waals surface area contributed by atoms with Gasteiger partial charge in [0, 0.05) is 5.69 Å². The Morgan fingerprint density at radius 1 is 1.08 bits per heavy atom. The van der Waals surface area contributed by atoms with Crippen LogP contribution in [0.1, 0.15) is 16.5 Å². The minimum absolute atomic E-state index is 0.0415. The Hall–Kier alpha value is -2.60. The van der Waals surface area contributed by atoms with Gasteiger partial charge < -0.3 is 0 Å². The van der Waals surface area contributed by atoms with Crippen LogP contribution in [0.5, 0.6) is 0 Å². The minimum Gasteiger partial charge on any atom is -0.295 e. The van der Waals surface area contributed by atoms with Crippen molar-refractivity contribution in [1.82, 2.24) is 14.8 Å². The minimum atomic E-state index is 0.0415. The van der Waals surface area contributed by atoms with Crippen molar-refractivity contribution >= 4 is 23.4 Å². The fourth-order valence-corrected chi connectivity index (χ4v) is 4.01. The predicted octanol–water partition coefficient (Wildman–Crippen LogP) is 3.11. The molecule has 1 saturated heterocycles. The smallest absolute Gasteiger partial charge is 0.238 e. The van der Waals surface area contributed by atoms with Gasteiger partial charge in [-0.05, 0) is 23.3 Å². The summed E-state index contributed by atoms with van der Waals surface area (Å²) in [5.74, 6) is 0.665. The van der Waals surface area contributed by atoms with E-state index in [1.807, 2.05) is 47.4 Å². The molecule has 1 aromatic heterocycles. The molecule has 1 atom stereocenters.